The van der Waals surface area contributed by atoms with E-state index in [9.17, 15) is 18.4 Å². The Morgan fingerprint density at radius 3 is 1.73 bits per heavy atom. The average molecular weight is 911 g/mol. The van der Waals surface area contributed by atoms with Gasteiger partial charge in [-0.2, -0.15) is 10.2 Å². The molecule has 0 spiro atoms. The highest BCUT2D eigenvalue weighted by molar-refractivity contribution is 6.09. The van der Waals surface area contributed by atoms with Gasteiger partial charge in [0.2, 0.25) is 0 Å². The van der Waals surface area contributed by atoms with Crippen LogP contribution in [-0.2, 0) is 40.0 Å². The Labute approximate surface area is 384 Å². The first kappa shape index (κ1) is 43.5. The number of alkyl halides is 4. The van der Waals surface area contributed by atoms with Gasteiger partial charge in [-0.3, -0.25) is 19.0 Å². The van der Waals surface area contributed by atoms with E-state index in [2.05, 4.69) is 35.2 Å². The first-order valence-corrected chi connectivity index (χ1v) is 22.5. The molecule has 1 unspecified atom stereocenters. The number of nitrogens with zero attached hydrogens (tertiary/aromatic N) is 8. The Hall–Kier alpha value is -7.36. The van der Waals surface area contributed by atoms with Crippen LogP contribution >= 0.6 is 0 Å². The van der Waals surface area contributed by atoms with Crippen molar-refractivity contribution in [2.45, 2.75) is 52.1 Å². The number of hydrogen-bond donors (Lipinski definition) is 2. The normalized spacial score (nSPS) is 14.9. The number of anilines is 4. The molecule has 12 nitrogen and oxygen atoms in total. The molecule has 4 aromatic carbocycles. The molecule has 8 aromatic rings. The summed E-state index contributed by atoms with van der Waals surface area (Å²) in [4.78, 5) is 30.9. The van der Waals surface area contributed by atoms with Crippen LogP contribution in [0.4, 0.5) is 40.3 Å². The summed E-state index contributed by atoms with van der Waals surface area (Å²) in [6.45, 7) is 4.19. The summed E-state index contributed by atoms with van der Waals surface area (Å²) >= 11 is 0. The van der Waals surface area contributed by atoms with E-state index in [1.807, 2.05) is 72.4 Å². The van der Waals surface area contributed by atoms with Crippen molar-refractivity contribution in [1.29, 1.82) is 0 Å². The van der Waals surface area contributed by atoms with Crippen LogP contribution in [0.5, 0.6) is 0 Å². The van der Waals surface area contributed by atoms with Crippen LogP contribution in [0.1, 0.15) is 69.2 Å². The van der Waals surface area contributed by atoms with Gasteiger partial charge in [0.15, 0.2) is 0 Å². The van der Waals surface area contributed by atoms with E-state index in [1.165, 1.54) is 0 Å². The number of aryl methyl sites for hydroxylation is 4. The van der Waals surface area contributed by atoms with E-state index in [0.29, 0.717) is 82.7 Å². The average Bonchev–Trinajstić information content (AvgIpc) is 4.14. The van der Waals surface area contributed by atoms with Gasteiger partial charge in [0.25, 0.3) is 24.7 Å². The van der Waals surface area contributed by atoms with E-state index in [4.69, 9.17) is 0 Å². The highest BCUT2D eigenvalue weighted by atomic mass is 19.3. The number of rotatable bonds is 11. The molecule has 67 heavy (non-hydrogen) atoms. The van der Waals surface area contributed by atoms with Gasteiger partial charge in [0, 0.05) is 146 Å². The number of carbonyl (C=O) groups excluding carboxylic acids is 2. The summed E-state index contributed by atoms with van der Waals surface area (Å²) in [7, 11) is 6.70. The van der Waals surface area contributed by atoms with Gasteiger partial charge in [-0.25, -0.2) is 17.6 Å². The second-order valence-corrected chi connectivity index (χ2v) is 17.6. The van der Waals surface area contributed by atoms with Crippen LogP contribution in [0, 0.1) is 5.92 Å². The molecule has 2 amide bonds. The second-order valence-electron chi connectivity index (χ2n) is 17.6. The molecule has 0 saturated heterocycles. The Balaban J connectivity index is 1.06. The Bertz CT molecular complexity index is 3240. The van der Waals surface area contributed by atoms with Gasteiger partial charge >= 0.3 is 0 Å². The van der Waals surface area contributed by atoms with Crippen molar-refractivity contribution in [2.75, 3.05) is 37.0 Å². The van der Waals surface area contributed by atoms with Gasteiger partial charge in [-0.15, -0.1) is 0 Å². The minimum absolute atomic E-state index is 0.0656. The lowest BCUT2D eigenvalue weighted by atomic mass is 9.87. The molecule has 1 atom stereocenters. The lowest BCUT2D eigenvalue weighted by Gasteiger charge is -2.37. The zero-order chi connectivity index (χ0) is 46.8. The minimum atomic E-state index is -2.76. The second kappa shape index (κ2) is 17.1. The molecular weight excluding hydrogens is 861 g/mol. The van der Waals surface area contributed by atoms with Crippen molar-refractivity contribution in [3.63, 3.8) is 0 Å². The highest BCUT2D eigenvalue weighted by Gasteiger charge is 2.32. The summed E-state index contributed by atoms with van der Waals surface area (Å²) < 4.78 is 66.9. The smallest absolute Gasteiger partial charge is 0.264 e. The van der Waals surface area contributed by atoms with Crippen LogP contribution in [0.15, 0.2) is 97.8 Å². The molecule has 0 aliphatic carbocycles. The quantitative estimate of drug-likeness (QED) is 0.125. The summed E-state index contributed by atoms with van der Waals surface area (Å²) in [5.74, 6) is -0.569. The van der Waals surface area contributed by atoms with Gasteiger partial charge in [0.05, 0.1) is 23.5 Å². The monoisotopic (exact) mass is 910 g/mol. The topological polar surface area (TPSA) is 110 Å². The lowest BCUT2D eigenvalue weighted by Crippen LogP contribution is -2.34. The van der Waals surface area contributed by atoms with Crippen LogP contribution in [0.25, 0.3) is 44.1 Å². The molecule has 344 valence electrons. The maximum absolute atomic E-state index is 15.0. The van der Waals surface area contributed by atoms with E-state index in [0.717, 1.165) is 51.8 Å². The number of hydrogen-bond acceptors (Lipinski definition) is 6. The van der Waals surface area contributed by atoms with E-state index in [-0.39, 0.29) is 28.9 Å². The number of amides is 2. The molecule has 2 N–H and O–H groups in total. The highest BCUT2D eigenvalue weighted by Crippen LogP contribution is 2.45. The van der Waals surface area contributed by atoms with Crippen LogP contribution in [0.2, 0.25) is 0 Å². The predicted octanol–water partition coefficient (Wildman–Crippen LogP) is 10.1. The van der Waals surface area contributed by atoms with Crippen molar-refractivity contribution in [3.05, 3.63) is 131 Å². The van der Waals surface area contributed by atoms with Gasteiger partial charge in [-0.05, 0) is 115 Å². The molecular formula is C51H50F4N10O2. The number of aromatic nitrogens is 6. The minimum Gasteiger partial charge on any atom is -0.355 e. The van der Waals surface area contributed by atoms with Crippen molar-refractivity contribution in [1.82, 2.24) is 39.3 Å². The molecule has 2 aliphatic heterocycles. The van der Waals surface area contributed by atoms with Crippen molar-refractivity contribution >= 4 is 56.4 Å². The van der Waals surface area contributed by atoms with Crippen LogP contribution in [-0.4, -0.2) is 67.7 Å². The largest absolute Gasteiger partial charge is 0.355 e. The summed E-state index contributed by atoms with van der Waals surface area (Å²) in [6, 6.07) is 18.8. The number of fused-ring (bicyclic) bond motifs is 4. The fourth-order valence-corrected chi connectivity index (χ4v) is 10.3. The maximum Gasteiger partial charge on any atom is 0.264 e. The molecule has 16 heteroatoms. The van der Waals surface area contributed by atoms with E-state index < -0.39 is 12.9 Å². The molecule has 6 heterocycles. The van der Waals surface area contributed by atoms with Gasteiger partial charge in [-0.1, -0.05) is 0 Å². The fraction of sp³-hybridized carbons (Fsp3) is 0.294. The number of halogens is 4. The lowest BCUT2D eigenvalue weighted by molar-refractivity contribution is 0.0956. The van der Waals surface area contributed by atoms with E-state index in [1.54, 1.807) is 74.5 Å². The first-order valence-electron chi connectivity index (χ1n) is 22.5. The molecule has 10 rings (SSSR count). The Morgan fingerprint density at radius 2 is 1.21 bits per heavy atom. The van der Waals surface area contributed by atoms with Crippen LogP contribution in [0.3, 0.4) is 0 Å². The predicted molar refractivity (Wildman–Crippen MR) is 253 cm³/mol. The molecule has 0 fully saturated rings. The third-order valence-corrected chi connectivity index (χ3v) is 13.5. The molecule has 0 radical (unpaired) electrons. The van der Waals surface area contributed by atoms with Crippen molar-refractivity contribution in [3.8, 4) is 22.3 Å². The molecule has 2 aliphatic rings. The summed E-state index contributed by atoms with van der Waals surface area (Å²) in [5, 5.41) is 15.5. The zero-order valence-electron chi connectivity index (χ0n) is 37.8. The third-order valence-electron chi connectivity index (χ3n) is 13.5. The van der Waals surface area contributed by atoms with Crippen LogP contribution < -0.4 is 20.4 Å². The van der Waals surface area contributed by atoms with E-state index >= 15 is 8.78 Å². The molecule has 4 aromatic heterocycles. The van der Waals surface area contributed by atoms with Crippen molar-refractivity contribution < 1.29 is 27.2 Å². The number of nitrogens with one attached hydrogen (secondary N) is 2. The molecule has 0 bridgehead atoms. The summed E-state index contributed by atoms with van der Waals surface area (Å²) in [5.41, 5.74) is 9.37. The van der Waals surface area contributed by atoms with Gasteiger partial charge in [0.1, 0.15) is 0 Å². The van der Waals surface area contributed by atoms with Gasteiger partial charge < -0.3 is 29.6 Å². The number of carbonyl (C=O) groups is 2. The van der Waals surface area contributed by atoms with Crippen molar-refractivity contribution in [2.24, 2.45) is 20.0 Å². The Morgan fingerprint density at radius 1 is 0.687 bits per heavy atom. The first-order chi connectivity index (χ1) is 32.3. The molecule has 0 saturated carbocycles. The maximum atomic E-state index is 15.0. The number of benzene rings is 4. The summed E-state index contributed by atoms with van der Waals surface area (Å²) in [6.07, 6.45) is 7.01. The third kappa shape index (κ3) is 7.67. The zero-order valence-corrected chi connectivity index (χ0v) is 37.8. The standard InChI is InChI=1S/C51H50F4N10O2/c1-6-62-27-42(50(66)56-2)38-18-35(10-11-44(38)62)65-24-29(14-31-16-37(33-22-59-61(5)26-33)41(49(54)55)20-47(31)65)23-63-28-43(51(67)57-3)39-17-34(9-12-45(39)63)64-13-7-8-30-15-36(32-21-58-60(4)25-32)40(48(52)53)19-46(30)64/h9-12,15-22,25-29,48-49H,6-8,13-14,23-24H2,1-5H3,(H,56,66)(H,57,67). The SMILES string of the molecule is CCn1cc(C(=O)NC)c2cc(N3CC(Cn4cc(C(=O)NC)c5cc(N6CCCc7cc(-c8cnn(C)c8)c(C(F)F)cc76)ccc54)Cc4cc(-c5cnn(C)c5)c(C(F)F)cc43)ccc21. The fourth-order valence-electron chi connectivity index (χ4n) is 10.3. The Kier molecular flexibility index (Phi) is 11.1.